The number of carbonyl (C=O) groups excluding carboxylic acids is 1. The largest absolute Gasteiger partial charge is 0.474 e. The summed E-state index contributed by atoms with van der Waals surface area (Å²) < 4.78 is 46.3. The Labute approximate surface area is 107 Å². The molecule has 1 aromatic rings. The molecule has 0 aromatic carbocycles. The number of halogens is 3. The van der Waals surface area contributed by atoms with Crippen LogP contribution in [0.3, 0.4) is 0 Å². The van der Waals surface area contributed by atoms with Crippen LogP contribution >= 0.6 is 0 Å². The van der Waals surface area contributed by atoms with Crippen LogP contribution in [0.2, 0.25) is 0 Å². The summed E-state index contributed by atoms with van der Waals surface area (Å²) in [6, 6.07) is 3.95. The number of carbonyl (C=O) groups is 1. The lowest BCUT2D eigenvalue weighted by molar-refractivity contribution is -0.260. The van der Waals surface area contributed by atoms with Crippen molar-refractivity contribution in [2.24, 2.45) is 0 Å². The van der Waals surface area contributed by atoms with E-state index in [0.29, 0.717) is 6.92 Å². The predicted molar refractivity (Wildman–Crippen MR) is 57.8 cm³/mol. The van der Waals surface area contributed by atoms with Crippen molar-refractivity contribution in [2.45, 2.75) is 18.7 Å². The zero-order chi connectivity index (χ0) is 14.7. The van der Waals surface area contributed by atoms with Gasteiger partial charge >= 0.3 is 12.1 Å². The third-order valence-electron chi connectivity index (χ3n) is 2.23. The van der Waals surface area contributed by atoms with E-state index in [2.05, 4.69) is 9.72 Å². The van der Waals surface area contributed by atoms with Crippen molar-refractivity contribution in [1.29, 1.82) is 0 Å². The summed E-state index contributed by atoms with van der Waals surface area (Å²) in [7, 11) is 1.14. The first kappa shape index (κ1) is 15.2. The van der Waals surface area contributed by atoms with Gasteiger partial charge in [0.15, 0.2) is 11.3 Å². The molecule has 8 heteroatoms. The molecule has 0 amide bonds. The van der Waals surface area contributed by atoms with Crippen LogP contribution in [-0.4, -0.2) is 41.6 Å². The molecule has 0 spiro atoms. The average molecular weight is 279 g/mol. The fourth-order valence-corrected chi connectivity index (χ4v) is 1.01. The van der Waals surface area contributed by atoms with E-state index in [4.69, 9.17) is 9.84 Å². The fourth-order valence-electron chi connectivity index (χ4n) is 1.01. The molecule has 0 aliphatic carbocycles. The maximum absolute atomic E-state index is 12.4. The summed E-state index contributed by atoms with van der Waals surface area (Å²) >= 11 is 0. The molecular formula is C11H12F3NO4. The number of pyridine rings is 1. The minimum atomic E-state index is -4.83. The smallest absolute Gasteiger partial charge is 0.420 e. The molecule has 1 atom stereocenters. The zero-order valence-electron chi connectivity index (χ0n) is 10.2. The Morgan fingerprint density at radius 2 is 2.05 bits per heavy atom. The SMILES string of the molecule is COC(=O)c1cccc(OCC(C)(O)C(F)(F)F)n1. The van der Waals surface area contributed by atoms with Gasteiger partial charge in [-0.15, -0.1) is 0 Å². The van der Waals surface area contributed by atoms with E-state index in [1.54, 1.807) is 0 Å². The molecule has 1 aromatic heterocycles. The molecule has 0 aliphatic heterocycles. The number of hydrogen-bond acceptors (Lipinski definition) is 5. The fraction of sp³-hybridized carbons (Fsp3) is 0.455. The second-order valence-corrected chi connectivity index (χ2v) is 3.91. The molecule has 1 heterocycles. The van der Waals surface area contributed by atoms with Crippen LogP contribution in [-0.2, 0) is 4.74 Å². The second kappa shape index (κ2) is 5.43. The molecule has 0 bridgehead atoms. The normalized spacial score (nSPS) is 14.6. The lowest BCUT2D eigenvalue weighted by Gasteiger charge is -2.25. The van der Waals surface area contributed by atoms with Crippen LogP contribution in [0.5, 0.6) is 5.88 Å². The van der Waals surface area contributed by atoms with Gasteiger partial charge in [-0.25, -0.2) is 9.78 Å². The van der Waals surface area contributed by atoms with Crippen molar-refractivity contribution in [1.82, 2.24) is 4.98 Å². The molecule has 1 N–H and O–H groups in total. The standard InChI is InChI=1S/C11H12F3NO4/c1-10(17,11(12,13)14)6-19-8-5-3-4-7(15-8)9(16)18-2/h3-5,17H,6H2,1-2H3. The van der Waals surface area contributed by atoms with Gasteiger partial charge in [-0.2, -0.15) is 13.2 Å². The number of methoxy groups -OCH3 is 1. The summed E-state index contributed by atoms with van der Waals surface area (Å²) in [6.45, 7) is -0.453. The number of nitrogens with zero attached hydrogens (tertiary/aromatic N) is 1. The lowest BCUT2D eigenvalue weighted by Crippen LogP contribution is -2.47. The molecule has 0 saturated heterocycles. The molecule has 0 radical (unpaired) electrons. The Balaban J connectivity index is 2.76. The summed E-state index contributed by atoms with van der Waals surface area (Å²) in [5, 5.41) is 9.17. The van der Waals surface area contributed by atoms with Gasteiger partial charge in [0.25, 0.3) is 0 Å². The Morgan fingerprint density at radius 3 is 2.58 bits per heavy atom. The molecule has 1 rings (SSSR count). The molecule has 1 unspecified atom stereocenters. The maximum atomic E-state index is 12.4. The number of alkyl halides is 3. The van der Waals surface area contributed by atoms with E-state index in [0.717, 1.165) is 7.11 Å². The molecule has 0 fully saturated rings. The Morgan fingerprint density at radius 1 is 1.42 bits per heavy atom. The zero-order valence-corrected chi connectivity index (χ0v) is 10.2. The van der Waals surface area contributed by atoms with E-state index in [1.165, 1.54) is 18.2 Å². The van der Waals surface area contributed by atoms with E-state index < -0.39 is 24.4 Å². The number of aromatic nitrogens is 1. The van der Waals surface area contributed by atoms with Crippen molar-refractivity contribution in [3.05, 3.63) is 23.9 Å². The van der Waals surface area contributed by atoms with Gasteiger partial charge in [0.2, 0.25) is 5.88 Å². The number of ether oxygens (including phenoxy) is 2. The lowest BCUT2D eigenvalue weighted by atomic mass is 10.1. The van der Waals surface area contributed by atoms with Crippen molar-refractivity contribution in [3.63, 3.8) is 0 Å². The highest BCUT2D eigenvalue weighted by Gasteiger charge is 2.50. The van der Waals surface area contributed by atoms with Gasteiger partial charge in [-0.1, -0.05) is 6.07 Å². The minimum Gasteiger partial charge on any atom is -0.474 e. The Kier molecular flexibility index (Phi) is 4.35. The van der Waals surface area contributed by atoms with Crippen LogP contribution in [0.25, 0.3) is 0 Å². The first-order valence-corrected chi connectivity index (χ1v) is 5.14. The third-order valence-corrected chi connectivity index (χ3v) is 2.23. The topological polar surface area (TPSA) is 68.7 Å². The number of aliphatic hydroxyl groups is 1. The van der Waals surface area contributed by atoms with Gasteiger partial charge in [-0.3, -0.25) is 0 Å². The van der Waals surface area contributed by atoms with Crippen molar-refractivity contribution in [3.8, 4) is 5.88 Å². The maximum Gasteiger partial charge on any atom is 0.420 e. The first-order valence-electron chi connectivity index (χ1n) is 5.14. The van der Waals surface area contributed by atoms with Crippen LogP contribution in [0.1, 0.15) is 17.4 Å². The predicted octanol–water partition coefficient (Wildman–Crippen LogP) is 1.56. The van der Waals surface area contributed by atoms with Crippen molar-refractivity contribution >= 4 is 5.97 Å². The van der Waals surface area contributed by atoms with Gasteiger partial charge in [0, 0.05) is 6.07 Å². The van der Waals surface area contributed by atoms with Gasteiger partial charge < -0.3 is 14.6 Å². The summed E-state index contributed by atoms with van der Waals surface area (Å²) in [4.78, 5) is 14.8. The summed E-state index contributed by atoms with van der Waals surface area (Å²) in [5.41, 5.74) is -3.11. The summed E-state index contributed by atoms with van der Waals surface area (Å²) in [5.74, 6) is -0.958. The number of rotatable bonds is 4. The van der Waals surface area contributed by atoms with E-state index in [-0.39, 0.29) is 11.6 Å². The van der Waals surface area contributed by atoms with Crippen LogP contribution in [0.4, 0.5) is 13.2 Å². The summed E-state index contributed by atoms with van der Waals surface area (Å²) in [6.07, 6.45) is -4.83. The van der Waals surface area contributed by atoms with Crippen LogP contribution in [0, 0.1) is 0 Å². The van der Waals surface area contributed by atoms with Crippen molar-refractivity contribution < 1.29 is 32.5 Å². The molecule has 0 saturated carbocycles. The van der Waals surface area contributed by atoms with E-state index >= 15 is 0 Å². The average Bonchev–Trinajstić information content (AvgIpc) is 2.34. The van der Waals surface area contributed by atoms with E-state index in [1.807, 2.05) is 0 Å². The number of esters is 1. The Hall–Kier alpha value is -1.83. The molecule has 19 heavy (non-hydrogen) atoms. The van der Waals surface area contributed by atoms with Gasteiger partial charge in [0.05, 0.1) is 7.11 Å². The minimum absolute atomic E-state index is 0.105. The highest BCUT2D eigenvalue weighted by atomic mass is 19.4. The van der Waals surface area contributed by atoms with Crippen LogP contribution in [0.15, 0.2) is 18.2 Å². The highest BCUT2D eigenvalue weighted by molar-refractivity contribution is 5.87. The number of hydrogen-bond donors (Lipinski definition) is 1. The molecule has 0 aliphatic rings. The van der Waals surface area contributed by atoms with Crippen LogP contribution < -0.4 is 4.74 Å². The molecular weight excluding hydrogens is 267 g/mol. The monoisotopic (exact) mass is 279 g/mol. The first-order chi connectivity index (χ1) is 8.67. The van der Waals surface area contributed by atoms with Crippen molar-refractivity contribution in [2.75, 3.05) is 13.7 Å². The molecule has 106 valence electrons. The highest BCUT2D eigenvalue weighted by Crippen LogP contribution is 2.30. The third kappa shape index (κ3) is 3.82. The van der Waals surface area contributed by atoms with Gasteiger partial charge in [-0.05, 0) is 13.0 Å². The second-order valence-electron chi connectivity index (χ2n) is 3.91. The van der Waals surface area contributed by atoms with E-state index in [9.17, 15) is 18.0 Å². The molecule has 5 nitrogen and oxygen atoms in total. The quantitative estimate of drug-likeness (QED) is 0.847. The van der Waals surface area contributed by atoms with Gasteiger partial charge in [0.1, 0.15) is 6.61 Å². The Bertz CT molecular complexity index is 459.